The van der Waals surface area contributed by atoms with Gasteiger partial charge in [0.15, 0.2) is 0 Å². The molecule has 0 radical (unpaired) electrons. The minimum Gasteiger partial charge on any atom is -0.457 e. The summed E-state index contributed by atoms with van der Waals surface area (Å²) in [6.45, 7) is 1.83. The second-order valence-corrected chi connectivity index (χ2v) is 8.13. The Morgan fingerprint density at radius 2 is 2.03 bits per heavy atom. The quantitative estimate of drug-likeness (QED) is 0.583. The molecule has 1 fully saturated rings. The van der Waals surface area contributed by atoms with Crippen LogP contribution in [0, 0.1) is 5.92 Å². The number of aromatic amines is 1. The average molecular weight is 410 g/mol. The van der Waals surface area contributed by atoms with Gasteiger partial charge in [0.05, 0.1) is 22.3 Å². The topological polar surface area (TPSA) is 101 Å². The van der Waals surface area contributed by atoms with Crippen molar-refractivity contribution >= 4 is 23.2 Å². The van der Waals surface area contributed by atoms with E-state index in [0.29, 0.717) is 25.2 Å². The van der Waals surface area contributed by atoms with E-state index in [2.05, 4.69) is 15.1 Å². The Balaban J connectivity index is 1.47. The molecular formula is C21H22N4O3S. The summed E-state index contributed by atoms with van der Waals surface area (Å²) >= 11 is 1.65. The summed E-state index contributed by atoms with van der Waals surface area (Å²) in [6.07, 6.45) is 1.63. The number of carbonyl (C=O) groups excluding carboxylic acids is 2. The summed E-state index contributed by atoms with van der Waals surface area (Å²) in [5.41, 5.74) is 8.00. The fraction of sp³-hybridized carbons (Fsp3) is 0.286. The van der Waals surface area contributed by atoms with E-state index in [1.807, 2.05) is 29.8 Å². The molecule has 2 atom stereocenters. The zero-order valence-electron chi connectivity index (χ0n) is 15.8. The number of esters is 1. The number of rotatable bonds is 7. The number of carbonyl (C=O) groups is 2. The van der Waals surface area contributed by atoms with Crippen LogP contribution in [0.2, 0.25) is 0 Å². The number of hydrogen-bond acceptors (Lipinski definition) is 6. The van der Waals surface area contributed by atoms with Gasteiger partial charge in [-0.3, -0.25) is 14.8 Å². The van der Waals surface area contributed by atoms with Crippen molar-refractivity contribution in [3.63, 3.8) is 0 Å². The molecular weight excluding hydrogens is 388 g/mol. The molecule has 4 rings (SSSR count). The second-order valence-electron chi connectivity index (χ2n) is 7.18. The van der Waals surface area contributed by atoms with Crippen molar-refractivity contribution < 1.29 is 14.3 Å². The van der Waals surface area contributed by atoms with E-state index in [1.54, 1.807) is 35.6 Å². The fourth-order valence-electron chi connectivity index (χ4n) is 3.73. The Hall–Kier alpha value is -2.97. The first-order valence-corrected chi connectivity index (χ1v) is 10.3. The van der Waals surface area contributed by atoms with E-state index in [-0.39, 0.29) is 30.3 Å². The number of benzene rings is 1. The highest BCUT2D eigenvalue weighted by molar-refractivity contribution is 7.13. The molecule has 1 aromatic carbocycles. The highest BCUT2D eigenvalue weighted by atomic mass is 32.1. The summed E-state index contributed by atoms with van der Waals surface area (Å²) in [5, 5.41) is 9.28. The number of amides is 1. The molecule has 8 heteroatoms. The van der Waals surface area contributed by atoms with Crippen molar-refractivity contribution in [3.05, 3.63) is 65.2 Å². The lowest BCUT2D eigenvalue weighted by atomic mass is 10.0. The van der Waals surface area contributed by atoms with Crippen molar-refractivity contribution in [1.82, 2.24) is 15.1 Å². The number of nitrogens with two attached hydrogens (primary N) is 1. The van der Waals surface area contributed by atoms with E-state index < -0.39 is 0 Å². The molecule has 0 bridgehead atoms. The smallest absolute Gasteiger partial charge is 0.338 e. The van der Waals surface area contributed by atoms with Gasteiger partial charge in [-0.2, -0.15) is 5.10 Å². The Morgan fingerprint density at radius 3 is 2.76 bits per heavy atom. The van der Waals surface area contributed by atoms with Crippen LogP contribution in [0.4, 0.5) is 0 Å². The van der Waals surface area contributed by atoms with Crippen molar-refractivity contribution in [2.75, 3.05) is 13.1 Å². The molecule has 3 heterocycles. The first-order valence-electron chi connectivity index (χ1n) is 9.43. The molecule has 29 heavy (non-hydrogen) atoms. The Morgan fingerprint density at radius 1 is 1.21 bits per heavy atom. The molecule has 0 aliphatic carbocycles. The molecule has 3 N–H and O–H groups in total. The highest BCUT2D eigenvalue weighted by Crippen LogP contribution is 2.30. The second kappa shape index (κ2) is 8.59. The van der Waals surface area contributed by atoms with Crippen molar-refractivity contribution in [2.24, 2.45) is 11.7 Å². The third-order valence-corrected chi connectivity index (χ3v) is 5.95. The van der Waals surface area contributed by atoms with Gasteiger partial charge >= 0.3 is 5.97 Å². The van der Waals surface area contributed by atoms with Crippen LogP contribution >= 0.6 is 11.3 Å². The van der Waals surface area contributed by atoms with E-state index in [9.17, 15) is 9.59 Å². The number of hydrogen-bond donors (Lipinski definition) is 2. The minimum absolute atomic E-state index is 0.128. The molecule has 1 amide bonds. The average Bonchev–Trinajstić information content (AvgIpc) is 3.44. The lowest BCUT2D eigenvalue weighted by molar-refractivity contribution is -0.119. The molecule has 7 nitrogen and oxygen atoms in total. The van der Waals surface area contributed by atoms with E-state index in [4.69, 9.17) is 10.5 Å². The Kier molecular flexibility index (Phi) is 5.73. The van der Waals surface area contributed by atoms with Crippen LogP contribution in [-0.2, 0) is 16.1 Å². The Labute approximate surface area is 172 Å². The molecule has 2 aromatic heterocycles. The van der Waals surface area contributed by atoms with Gasteiger partial charge in [-0.25, -0.2) is 4.79 Å². The molecule has 3 aromatic rings. The maximum absolute atomic E-state index is 12.5. The number of ether oxygens (including phenoxy) is 1. The molecule has 0 saturated carbocycles. The number of likely N-dealkylation sites (tertiary alicyclic amines) is 1. The van der Waals surface area contributed by atoms with Crippen LogP contribution in [0.1, 0.15) is 22.3 Å². The molecule has 1 saturated heterocycles. The summed E-state index contributed by atoms with van der Waals surface area (Å²) in [6, 6.07) is 12.9. The monoisotopic (exact) mass is 410 g/mol. The highest BCUT2D eigenvalue weighted by Gasteiger charge is 2.37. The van der Waals surface area contributed by atoms with Gasteiger partial charge in [0.25, 0.3) is 0 Å². The number of primary amides is 1. The largest absolute Gasteiger partial charge is 0.457 e. The molecule has 0 unspecified atom stereocenters. The maximum Gasteiger partial charge on any atom is 0.338 e. The van der Waals surface area contributed by atoms with Crippen LogP contribution in [0.25, 0.3) is 10.6 Å². The van der Waals surface area contributed by atoms with Gasteiger partial charge in [-0.05, 0) is 23.6 Å². The maximum atomic E-state index is 12.5. The Bertz CT molecular complexity index is 971. The summed E-state index contributed by atoms with van der Waals surface area (Å²) in [7, 11) is 0. The SMILES string of the molecule is NC(=O)C[C@H]1CN(Cc2cn[nH]c2-c2cccs2)C[C@H]1OC(=O)c1ccccc1. The van der Waals surface area contributed by atoms with Crippen LogP contribution < -0.4 is 5.73 Å². The van der Waals surface area contributed by atoms with E-state index >= 15 is 0 Å². The lowest BCUT2D eigenvalue weighted by Gasteiger charge is -2.18. The third kappa shape index (κ3) is 4.55. The lowest BCUT2D eigenvalue weighted by Crippen LogP contribution is -2.29. The van der Waals surface area contributed by atoms with Gasteiger partial charge in [-0.15, -0.1) is 11.3 Å². The van der Waals surface area contributed by atoms with Crippen LogP contribution in [0.3, 0.4) is 0 Å². The van der Waals surface area contributed by atoms with Gasteiger partial charge in [-0.1, -0.05) is 24.3 Å². The van der Waals surface area contributed by atoms with Gasteiger partial charge in [0, 0.05) is 37.5 Å². The standard InChI is InChI=1S/C21H22N4O3S/c22-19(26)9-15-11-25(12-16-10-23-24-20(16)18-7-4-8-29-18)13-17(15)28-21(27)14-5-2-1-3-6-14/h1-8,10,15,17H,9,11-13H2,(H2,22,26)(H,23,24)/t15-,17+/m0/s1. The zero-order chi connectivity index (χ0) is 20.2. The van der Waals surface area contributed by atoms with E-state index in [0.717, 1.165) is 16.1 Å². The predicted molar refractivity (Wildman–Crippen MR) is 110 cm³/mol. The number of nitrogens with zero attached hydrogens (tertiary/aromatic N) is 2. The number of nitrogens with one attached hydrogen (secondary N) is 1. The summed E-state index contributed by atoms with van der Waals surface area (Å²) in [5.74, 6) is -0.896. The van der Waals surface area contributed by atoms with Crippen molar-refractivity contribution in [3.8, 4) is 10.6 Å². The van der Waals surface area contributed by atoms with Crippen molar-refractivity contribution in [1.29, 1.82) is 0 Å². The van der Waals surface area contributed by atoms with Crippen LogP contribution in [-0.4, -0.2) is 46.2 Å². The van der Waals surface area contributed by atoms with Gasteiger partial charge < -0.3 is 10.5 Å². The first kappa shape index (κ1) is 19.4. The number of H-pyrrole nitrogens is 1. The first-order chi connectivity index (χ1) is 14.1. The van der Waals surface area contributed by atoms with Crippen LogP contribution in [0.15, 0.2) is 54.0 Å². The fourth-order valence-corrected chi connectivity index (χ4v) is 4.49. The zero-order valence-corrected chi connectivity index (χ0v) is 16.6. The molecule has 1 aliphatic rings. The van der Waals surface area contributed by atoms with Gasteiger partial charge in [0.1, 0.15) is 6.10 Å². The predicted octanol–water partition coefficient (Wildman–Crippen LogP) is 2.67. The number of thiophene rings is 1. The van der Waals surface area contributed by atoms with Crippen LogP contribution in [0.5, 0.6) is 0 Å². The summed E-state index contributed by atoms with van der Waals surface area (Å²) in [4.78, 5) is 27.3. The normalized spacial score (nSPS) is 19.3. The third-order valence-electron chi connectivity index (χ3n) is 5.07. The molecule has 1 aliphatic heterocycles. The van der Waals surface area contributed by atoms with Gasteiger partial charge in [0.2, 0.25) is 5.91 Å². The minimum atomic E-state index is -0.389. The summed E-state index contributed by atoms with van der Waals surface area (Å²) < 4.78 is 5.75. The van der Waals surface area contributed by atoms with E-state index in [1.165, 1.54) is 0 Å². The molecule has 0 spiro atoms. The van der Waals surface area contributed by atoms with Crippen molar-refractivity contribution in [2.45, 2.75) is 19.1 Å². The molecule has 150 valence electrons. The number of aromatic nitrogens is 2.